The molecule has 49 heavy (non-hydrogen) atoms. The van der Waals surface area contributed by atoms with Crippen LogP contribution in [0.2, 0.25) is 0 Å². The number of carbonyl (C=O) groups excluding carboxylic acids is 2. The van der Waals surface area contributed by atoms with E-state index in [9.17, 15) is 14.7 Å². The van der Waals surface area contributed by atoms with Crippen LogP contribution < -0.4 is 15.4 Å². The zero-order chi connectivity index (χ0) is 34.3. The van der Waals surface area contributed by atoms with Crippen LogP contribution >= 0.6 is 0 Å². The van der Waals surface area contributed by atoms with Crippen LogP contribution in [0.4, 0.5) is 16.2 Å². The number of amides is 3. The smallest absolute Gasteiger partial charge is 0.323 e. The highest BCUT2D eigenvalue weighted by Crippen LogP contribution is 2.30. The lowest BCUT2D eigenvalue weighted by molar-refractivity contribution is -0.134. The van der Waals surface area contributed by atoms with Crippen molar-refractivity contribution in [3.63, 3.8) is 0 Å². The minimum Gasteiger partial charge on any atom is -0.488 e. The van der Waals surface area contributed by atoms with Crippen LogP contribution in [0.25, 0.3) is 21.9 Å². The third-order valence-corrected chi connectivity index (χ3v) is 9.22. The maximum Gasteiger partial charge on any atom is 0.323 e. The number of fused-ring (bicyclic) bond motifs is 2. The molecule has 0 aromatic heterocycles. The number of nitrogens with zero attached hydrogens (tertiary/aromatic N) is 2. The predicted octanol–water partition coefficient (Wildman–Crippen LogP) is 7.43. The second-order valence-electron chi connectivity index (χ2n) is 13.1. The number of benzene rings is 5. The van der Waals surface area contributed by atoms with E-state index in [2.05, 4.69) is 65.9 Å². The maximum atomic E-state index is 13.7. The molecular formula is C41H44N4O4. The van der Waals surface area contributed by atoms with Crippen molar-refractivity contribution in [2.24, 2.45) is 5.92 Å². The molecule has 8 heteroatoms. The Morgan fingerprint density at radius 1 is 0.918 bits per heavy atom. The standard InChI is InChI=1S/C41H44N4O4/c1-28-24-45(29(2)27-46)40(47)23-34-22-35(42-41(48)43-37-15-9-13-33-12-7-8-14-36(33)37)20-21-38(34)49-39(28)26-44(3)25-30-16-18-32(19-17-30)31-10-5-4-6-11-31/h4-22,28-29,39,46H,23-27H2,1-3H3,(H2,42,43,48)/t28-,29-,39+/m1/s1. The molecule has 3 amide bonds. The van der Waals surface area contributed by atoms with Crippen LogP contribution in [-0.4, -0.2) is 65.7 Å². The summed E-state index contributed by atoms with van der Waals surface area (Å²) in [4.78, 5) is 30.8. The number of hydrogen-bond donors (Lipinski definition) is 3. The van der Waals surface area contributed by atoms with E-state index in [1.807, 2.05) is 79.7 Å². The Kier molecular flexibility index (Phi) is 10.6. The summed E-state index contributed by atoms with van der Waals surface area (Å²) in [5.41, 5.74) is 5.50. The highest BCUT2D eigenvalue weighted by molar-refractivity contribution is 6.06. The molecule has 3 atom stereocenters. The largest absolute Gasteiger partial charge is 0.488 e. The summed E-state index contributed by atoms with van der Waals surface area (Å²) < 4.78 is 6.72. The molecule has 3 N–H and O–H groups in total. The van der Waals surface area contributed by atoms with E-state index in [1.165, 1.54) is 16.7 Å². The van der Waals surface area contributed by atoms with Crippen LogP contribution in [0.1, 0.15) is 25.0 Å². The number of carbonyl (C=O) groups is 2. The molecule has 8 nitrogen and oxygen atoms in total. The number of rotatable bonds is 9. The Morgan fingerprint density at radius 3 is 2.41 bits per heavy atom. The second kappa shape index (κ2) is 15.4. The van der Waals surface area contributed by atoms with Gasteiger partial charge in [-0.3, -0.25) is 9.69 Å². The molecule has 0 unspecified atom stereocenters. The first kappa shape index (κ1) is 33.7. The maximum absolute atomic E-state index is 13.7. The fourth-order valence-corrected chi connectivity index (χ4v) is 6.46. The number of ether oxygens (including phenoxy) is 1. The lowest BCUT2D eigenvalue weighted by Gasteiger charge is -2.34. The SMILES string of the molecule is C[C@@H]1CN([C@H](C)CO)C(=O)Cc2cc(NC(=O)Nc3cccc4ccccc34)ccc2O[C@H]1CN(C)Cc1ccc(-c2ccccc2)cc1. The van der Waals surface area contributed by atoms with Crippen molar-refractivity contribution in [3.8, 4) is 16.9 Å². The number of aliphatic hydroxyl groups excluding tert-OH is 1. The van der Waals surface area contributed by atoms with Gasteiger partial charge in [0.25, 0.3) is 0 Å². The first-order chi connectivity index (χ1) is 23.8. The first-order valence-electron chi connectivity index (χ1n) is 16.9. The van der Waals surface area contributed by atoms with Crippen molar-refractivity contribution in [2.45, 2.75) is 39.0 Å². The Bertz CT molecular complexity index is 1890. The van der Waals surface area contributed by atoms with E-state index in [1.54, 1.807) is 11.0 Å². The molecule has 1 aliphatic rings. The van der Waals surface area contributed by atoms with Crippen LogP contribution in [0.5, 0.6) is 5.75 Å². The summed E-state index contributed by atoms with van der Waals surface area (Å²) in [6, 6.07) is 37.4. The summed E-state index contributed by atoms with van der Waals surface area (Å²) in [5, 5.41) is 17.9. The Morgan fingerprint density at radius 2 is 1.63 bits per heavy atom. The summed E-state index contributed by atoms with van der Waals surface area (Å²) in [6.07, 6.45) is -0.150. The molecule has 0 radical (unpaired) electrons. The van der Waals surface area contributed by atoms with E-state index in [4.69, 9.17) is 4.74 Å². The molecule has 1 heterocycles. The number of likely N-dealkylation sites (N-methyl/N-ethyl adjacent to an activating group) is 1. The summed E-state index contributed by atoms with van der Waals surface area (Å²) >= 11 is 0. The average Bonchev–Trinajstić information content (AvgIpc) is 3.15. The highest BCUT2D eigenvalue weighted by atomic mass is 16.5. The Hall–Kier alpha value is -5.18. The zero-order valence-corrected chi connectivity index (χ0v) is 28.3. The van der Waals surface area contributed by atoms with Gasteiger partial charge in [-0.15, -0.1) is 0 Å². The molecule has 0 aliphatic carbocycles. The van der Waals surface area contributed by atoms with Crippen LogP contribution in [0, 0.1) is 5.92 Å². The number of aliphatic hydroxyl groups is 1. The van der Waals surface area contributed by atoms with Gasteiger partial charge >= 0.3 is 6.03 Å². The molecule has 5 aromatic rings. The number of anilines is 2. The molecule has 0 spiro atoms. The van der Waals surface area contributed by atoms with E-state index in [-0.39, 0.29) is 43.0 Å². The van der Waals surface area contributed by atoms with E-state index < -0.39 is 0 Å². The number of nitrogens with one attached hydrogen (secondary N) is 2. The third kappa shape index (κ3) is 8.28. The van der Waals surface area contributed by atoms with Gasteiger partial charge in [-0.1, -0.05) is 97.9 Å². The van der Waals surface area contributed by atoms with Crippen molar-refractivity contribution >= 4 is 34.1 Å². The normalized spacial score (nSPS) is 17.0. The van der Waals surface area contributed by atoms with Crippen molar-refractivity contribution in [2.75, 3.05) is 37.4 Å². The fourth-order valence-electron chi connectivity index (χ4n) is 6.46. The lowest BCUT2D eigenvalue weighted by Crippen LogP contribution is -2.47. The zero-order valence-electron chi connectivity index (χ0n) is 28.3. The van der Waals surface area contributed by atoms with Crippen molar-refractivity contribution in [3.05, 3.63) is 126 Å². The van der Waals surface area contributed by atoms with Gasteiger partial charge in [0.1, 0.15) is 11.9 Å². The second-order valence-corrected chi connectivity index (χ2v) is 13.1. The summed E-state index contributed by atoms with van der Waals surface area (Å²) in [6.45, 7) is 5.64. The minimum atomic E-state index is -0.382. The quantitative estimate of drug-likeness (QED) is 0.153. The van der Waals surface area contributed by atoms with Gasteiger partial charge < -0.3 is 25.4 Å². The highest BCUT2D eigenvalue weighted by Gasteiger charge is 2.31. The molecule has 0 saturated heterocycles. The van der Waals surface area contributed by atoms with Crippen molar-refractivity contribution in [1.29, 1.82) is 0 Å². The van der Waals surface area contributed by atoms with Crippen molar-refractivity contribution in [1.82, 2.24) is 9.80 Å². The summed E-state index contributed by atoms with van der Waals surface area (Å²) in [5.74, 6) is 0.503. The lowest BCUT2D eigenvalue weighted by atomic mass is 10.0. The van der Waals surface area contributed by atoms with Gasteiger partial charge in [0, 0.05) is 42.2 Å². The number of hydrogen-bond acceptors (Lipinski definition) is 5. The molecule has 0 fully saturated rings. The van der Waals surface area contributed by atoms with E-state index >= 15 is 0 Å². The molecule has 5 aromatic carbocycles. The fraction of sp³-hybridized carbons (Fsp3) is 0.268. The minimum absolute atomic E-state index is 0.0175. The van der Waals surface area contributed by atoms with Gasteiger partial charge in [-0.25, -0.2) is 4.79 Å². The van der Waals surface area contributed by atoms with Gasteiger partial charge in [0.05, 0.1) is 24.8 Å². The third-order valence-electron chi connectivity index (χ3n) is 9.22. The Labute approximate surface area is 288 Å². The van der Waals surface area contributed by atoms with E-state index in [0.29, 0.717) is 35.8 Å². The molecule has 0 bridgehead atoms. The molecular weight excluding hydrogens is 612 g/mol. The van der Waals surface area contributed by atoms with Gasteiger partial charge in [-0.2, -0.15) is 0 Å². The van der Waals surface area contributed by atoms with Gasteiger partial charge in [-0.05, 0) is 60.3 Å². The Balaban J connectivity index is 1.19. The van der Waals surface area contributed by atoms with Crippen LogP contribution in [0.3, 0.4) is 0 Å². The monoisotopic (exact) mass is 656 g/mol. The van der Waals surface area contributed by atoms with Gasteiger partial charge in [0.15, 0.2) is 0 Å². The predicted molar refractivity (Wildman–Crippen MR) is 197 cm³/mol. The molecule has 0 saturated carbocycles. The number of urea groups is 1. The average molecular weight is 657 g/mol. The van der Waals surface area contributed by atoms with Crippen molar-refractivity contribution < 1.29 is 19.4 Å². The molecule has 1 aliphatic heterocycles. The van der Waals surface area contributed by atoms with Crippen LogP contribution in [0.15, 0.2) is 115 Å². The van der Waals surface area contributed by atoms with Crippen LogP contribution in [-0.2, 0) is 17.8 Å². The topological polar surface area (TPSA) is 94.1 Å². The molecule has 6 rings (SSSR count). The van der Waals surface area contributed by atoms with E-state index in [0.717, 1.165) is 17.3 Å². The first-order valence-corrected chi connectivity index (χ1v) is 16.9. The molecule has 252 valence electrons. The van der Waals surface area contributed by atoms with Gasteiger partial charge in [0.2, 0.25) is 5.91 Å². The summed E-state index contributed by atoms with van der Waals surface area (Å²) in [7, 11) is 2.08.